The van der Waals surface area contributed by atoms with Gasteiger partial charge in [-0.25, -0.2) is 4.79 Å². The number of likely N-dealkylation sites (tertiary alicyclic amines) is 1. The molecule has 0 bridgehead atoms. The second-order valence-corrected chi connectivity index (χ2v) is 4.87. The summed E-state index contributed by atoms with van der Waals surface area (Å²) in [6.07, 6.45) is 5.23. The molecule has 2 fully saturated rings. The summed E-state index contributed by atoms with van der Waals surface area (Å²) in [5, 5.41) is 3.29. The van der Waals surface area contributed by atoms with E-state index in [0.717, 1.165) is 51.9 Å². The lowest BCUT2D eigenvalue weighted by Crippen LogP contribution is -2.36. The van der Waals surface area contributed by atoms with Crippen molar-refractivity contribution in [3.8, 4) is 0 Å². The first kappa shape index (κ1) is 12.6. The molecule has 5 heteroatoms. The highest BCUT2D eigenvalue weighted by Crippen LogP contribution is 2.13. The molecule has 17 heavy (non-hydrogen) atoms. The van der Waals surface area contributed by atoms with E-state index < -0.39 is 0 Å². The van der Waals surface area contributed by atoms with E-state index >= 15 is 0 Å². The van der Waals surface area contributed by atoms with Crippen LogP contribution in [-0.2, 0) is 9.78 Å². The van der Waals surface area contributed by atoms with Gasteiger partial charge in [-0.3, -0.25) is 4.89 Å². The molecule has 0 aromatic carbocycles. The quantitative estimate of drug-likeness (QED) is 0.602. The predicted octanol–water partition coefficient (Wildman–Crippen LogP) is 1.54. The van der Waals surface area contributed by atoms with Gasteiger partial charge in [-0.2, -0.15) is 4.89 Å². The molecule has 2 heterocycles. The zero-order valence-electron chi connectivity index (χ0n) is 10.3. The third-order valence-electron chi connectivity index (χ3n) is 3.51. The van der Waals surface area contributed by atoms with E-state index in [0.29, 0.717) is 12.5 Å². The molecule has 0 aromatic heterocycles. The summed E-state index contributed by atoms with van der Waals surface area (Å²) in [4.78, 5) is 23.3. The van der Waals surface area contributed by atoms with Crippen molar-refractivity contribution in [1.82, 2.24) is 10.2 Å². The molecular weight excluding hydrogens is 220 g/mol. The average molecular weight is 242 g/mol. The maximum Gasteiger partial charge on any atom is 0.441 e. The minimum atomic E-state index is -0.321. The van der Waals surface area contributed by atoms with Crippen LogP contribution in [0.15, 0.2) is 0 Å². The molecule has 0 saturated carbocycles. The molecule has 2 aliphatic rings. The Morgan fingerprint density at radius 2 is 1.88 bits per heavy atom. The van der Waals surface area contributed by atoms with Crippen LogP contribution in [0.4, 0.5) is 4.79 Å². The maximum atomic E-state index is 11.6. The number of nitrogens with one attached hydrogen (secondary N) is 1. The molecule has 5 nitrogen and oxygen atoms in total. The first-order valence-corrected chi connectivity index (χ1v) is 6.65. The van der Waals surface area contributed by atoms with Crippen LogP contribution < -0.4 is 5.32 Å². The first-order valence-electron chi connectivity index (χ1n) is 6.65. The van der Waals surface area contributed by atoms with Crippen molar-refractivity contribution in [3.63, 3.8) is 0 Å². The Labute approximate surface area is 102 Å². The fourth-order valence-corrected chi connectivity index (χ4v) is 2.36. The van der Waals surface area contributed by atoms with E-state index in [2.05, 4.69) is 5.32 Å². The monoisotopic (exact) mass is 242 g/mol. The third-order valence-corrected chi connectivity index (χ3v) is 3.51. The van der Waals surface area contributed by atoms with E-state index in [-0.39, 0.29) is 6.09 Å². The molecule has 0 atom stereocenters. The molecule has 0 unspecified atom stereocenters. The highest BCUT2D eigenvalue weighted by atomic mass is 17.2. The Morgan fingerprint density at radius 3 is 2.59 bits per heavy atom. The lowest BCUT2D eigenvalue weighted by atomic mass is 10.00. The van der Waals surface area contributed by atoms with E-state index in [4.69, 9.17) is 9.78 Å². The smallest absolute Gasteiger partial charge is 0.317 e. The summed E-state index contributed by atoms with van der Waals surface area (Å²) < 4.78 is 0. The van der Waals surface area contributed by atoms with Crippen LogP contribution in [0.2, 0.25) is 0 Å². The standard InChI is InChI=1S/C12H22N2O3/c15-12(14-8-2-1-3-9-14)17-16-10-11-4-6-13-7-5-11/h11,13H,1-10H2. The molecule has 0 spiro atoms. The normalized spacial score (nSPS) is 22.5. The molecule has 2 rings (SSSR count). The molecule has 2 aliphatic heterocycles. The van der Waals surface area contributed by atoms with Crippen LogP contribution in [0.1, 0.15) is 32.1 Å². The Balaban J connectivity index is 1.58. The number of rotatable bonds is 3. The molecular formula is C12H22N2O3. The van der Waals surface area contributed by atoms with Gasteiger partial charge in [0, 0.05) is 13.1 Å². The van der Waals surface area contributed by atoms with Crippen molar-refractivity contribution in [2.24, 2.45) is 5.92 Å². The fourth-order valence-electron chi connectivity index (χ4n) is 2.36. The lowest BCUT2D eigenvalue weighted by molar-refractivity contribution is -0.255. The first-order chi connectivity index (χ1) is 8.36. The van der Waals surface area contributed by atoms with Gasteiger partial charge in [0.2, 0.25) is 0 Å². The maximum absolute atomic E-state index is 11.6. The van der Waals surface area contributed by atoms with Gasteiger partial charge < -0.3 is 10.2 Å². The van der Waals surface area contributed by atoms with Crippen molar-refractivity contribution < 1.29 is 14.6 Å². The number of carbonyl (C=O) groups excluding carboxylic acids is 1. The summed E-state index contributed by atoms with van der Waals surface area (Å²) in [6, 6.07) is 0. The number of nitrogens with zero attached hydrogens (tertiary/aromatic N) is 1. The minimum absolute atomic E-state index is 0.321. The summed E-state index contributed by atoms with van der Waals surface area (Å²) in [7, 11) is 0. The molecule has 2 saturated heterocycles. The number of carbonyl (C=O) groups is 1. The molecule has 1 amide bonds. The largest absolute Gasteiger partial charge is 0.441 e. The second-order valence-electron chi connectivity index (χ2n) is 4.87. The highest BCUT2D eigenvalue weighted by molar-refractivity contribution is 5.66. The fraction of sp³-hybridized carbons (Fsp3) is 0.917. The molecule has 0 radical (unpaired) electrons. The van der Waals surface area contributed by atoms with Gasteiger partial charge in [-0.15, -0.1) is 0 Å². The van der Waals surface area contributed by atoms with Gasteiger partial charge in [0.25, 0.3) is 0 Å². The van der Waals surface area contributed by atoms with Crippen molar-refractivity contribution in [2.75, 3.05) is 32.8 Å². The number of piperidine rings is 2. The van der Waals surface area contributed by atoms with E-state index in [1.807, 2.05) is 0 Å². The van der Waals surface area contributed by atoms with Crippen molar-refractivity contribution in [1.29, 1.82) is 0 Å². The lowest BCUT2D eigenvalue weighted by Gasteiger charge is -2.26. The van der Waals surface area contributed by atoms with Gasteiger partial charge >= 0.3 is 6.09 Å². The van der Waals surface area contributed by atoms with E-state index in [9.17, 15) is 4.79 Å². The van der Waals surface area contributed by atoms with Crippen molar-refractivity contribution in [2.45, 2.75) is 32.1 Å². The number of hydrogen-bond acceptors (Lipinski definition) is 4. The van der Waals surface area contributed by atoms with Gasteiger partial charge in [-0.1, -0.05) is 0 Å². The van der Waals surface area contributed by atoms with Gasteiger partial charge in [0.05, 0.1) is 6.61 Å². The Morgan fingerprint density at radius 1 is 1.18 bits per heavy atom. The van der Waals surface area contributed by atoms with Crippen LogP contribution in [0.5, 0.6) is 0 Å². The summed E-state index contributed by atoms with van der Waals surface area (Å²) in [5.41, 5.74) is 0. The van der Waals surface area contributed by atoms with Crippen molar-refractivity contribution >= 4 is 6.09 Å². The van der Waals surface area contributed by atoms with E-state index in [1.54, 1.807) is 4.90 Å². The third kappa shape index (κ3) is 4.16. The average Bonchev–Trinajstić information content (AvgIpc) is 2.41. The summed E-state index contributed by atoms with van der Waals surface area (Å²) in [5.74, 6) is 0.519. The summed E-state index contributed by atoms with van der Waals surface area (Å²) in [6.45, 7) is 4.20. The van der Waals surface area contributed by atoms with Crippen LogP contribution in [-0.4, -0.2) is 43.8 Å². The predicted molar refractivity (Wildman–Crippen MR) is 63.5 cm³/mol. The van der Waals surface area contributed by atoms with Gasteiger partial charge in [0.1, 0.15) is 0 Å². The second kappa shape index (κ2) is 6.81. The summed E-state index contributed by atoms with van der Waals surface area (Å²) >= 11 is 0. The number of hydrogen-bond donors (Lipinski definition) is 1. The van der Waals surface area contributed by atoms with E-state index in [1.165, 1.54) is 6.42 Å². The van der Waals surface area contributed by atoms with Crippen LogP contribution in [0.25, 0.3) is 0 Å². The molecule has 0 aliphatic carbocycles. The molecule has 1 N–H and O–H groups in total. The Bertz CT molecular complexity index is 236. The minimum Gasteiger partial charge on any atom is -0.317 e. The number of amides is 1. The zero-order chi connectivity index (χ0) is 11.9. The van der Waals surface area contributed by atoms with Crippen LogP contribution in [0, 0.1) is 5.92 Å². The Hall–Kier alpha value is -0.810. The van der Waals surface area contributed by atoms with Crippen LogP contribution >= 0.6 is 0 Å². The Kier molecular flexibility index (Phi) is 5.07. The molecule has 0 aromatic rings. The van der Waals surface area contributed by atoms with Gasteiger partial charge in [0.15, 0.2) is 0 Å². The van der Waals surface area contributed by atoms with Crippen LogP contribution in [0.3, 0.4) is 0 Å². The molecule has 98 valence electrons. The highest BCUT2D eigenvalue weighted by Gasteiger charge is 2.19. The SMILES string of the molecule is O=C(OOCC1CCNCC1)N1CCCCC1. The zero-order valence-corrected chi connectivity index (χ0v) is 10.3. The van der Waals surface area contributed by atoms with Crippen molar-refractivity contribution in [3.05, 3.63) is 0 Å². The van der Waals surface area contributed by atoms with Gasteiger partial charge in [-0.05, 0) is 51.1 Å². The topological polar surface area (TPSA) is 50.8 Å².